The number of aromatic nitrogens is 2. The Morgan fingerprint density at radius 2 is 2.13 bits per heavy atom. The number of hydrogen-bond donors (Lipinski definition) is 2. The van der Waals surface area contributed by atoms with Crippen molar-refractivity contribution in [3.05, 3.63) is 18.0 Å². The van der Waals surface area contributed by atoms with Crippen LogP contribution in [0, 0.1) is 17.3 Å². The van der Waals surface area contributed by atoms with Gasteiger partial charge in [-0.25, -0.2) is 0 Å². The molecular weight excluding hydrogens is 400 g/mol. The number of carbonyl (C=O) groups excluding carboxylic acids is 2. The molecule has 2 aliphatic carbocycles. The molecule has 1 spiro atoms. The van der Waals surface area contributed by atoms with Crippen LogP contribution in [0.3, 0.4) is 0 Å². The first kappa shape index (κ1) is 20.4. The number of carbonyl (C=O) groups is 2. The van der Waals surface area contributed by atoms with Crippen LogP contribution in [-0.4, -0.2) is 58.9 Å². The number of ether oxygens (including phenoxy) is 1. The molecule has 3 unspecified atom stereocenters. The Bertz CT molecular complexity index is 809. The lowest BCUT2D eigenvalue weighted by Gasteiger charge is -2.27. The van der Waals surface area contributed by atoms with Crippen molar-refractivity contribution in [1.82, 2.24) is 20.4 Å². The van der Waals surface area contributed by atoms with E-state index in [9.17, 15) is 9.59 Å². The van der Waals surface area contributed by atoms with Crippen molar-refractivity contribution in [1.29, 1.82) is 0 Å². The van der Waals surface area contributed by atoms with Crippen molar-refractivity contribution in [2.45, 2.75) is 50.0 Å². The van der Waals surface area contributed by atoms with E-state index in [-0.39, 0.29) is 35.1 Å². The summed E-state index contributed by atoms with van der Waals surface area (Å²) >= 11 is 2.00. The van der Waals surface area contributed by atoms with Crippen LogP contribution in [0.25, 0.3) is 0 Å². The van der Waals surface area contributed by atoms with Crippen LogP contribution in [0.15, 0.2) is 12.3 Å². The zero-order chi connectivity index (χ0) is 20.8. The van der Waals surface area contributed by atoms with Gasteiger partial charge < -0.3 is 15.4 Å². The summed E-state index contributed by atoms with van der Waals surface area (Å²) in [6.07, 6.45) is 7.84. The number of hydrogen-bond acceptors (Lipinski definition) is 5. The Morgan fingerprint density at radius 3 is 2.77 bits per heavy atom. The van der Waals surface area contributed by atoms with Gasteiger partial charge in [0.2, 0.25) is 11.8 Å². The maximum atomic E-state index is 13.0. The van der Waals surface area contributed by atoms with E-state index in [4.69, 9.17) is 4.74 Å². The van der Waals surface area contributed by atoms with Crippen LogP contribution in [0.2, 0.25) is 0 Å². The van der Waals surface area contributed by atoms with Crippen LogP contribution in [-0.2, 0) is 26.8 Å². The highest BCUT2D eigenvalue weighted by atomic mass is 32.2. The fraction of sp³-hybridized carbons (Fsp3) is 0.773. The van der Waals surface area contributed by atoms with Crippen LogP contribution in [0.4, 0.5) is 0 Å². The Labute approximate surface area is 182 Å². The quantitative estimate of drug-likeness (QED) is 0.684. The van der Waals surface area contributed by atoms with E-state index in [1.165, 1.54) is 11.5 Å². The second-order valence-electron chi connectivity index (χ2n) is 9.64. The molecule has 4 fully saturated rings. The third kappa shape index (κ3) is 3.77. The summed E-state index contributed by atoms with van der Waals surface area (Å²) in [5.74, 6) is 2.98. The van der Waals surface area contributed by atoms with Crippen LogP contribution < -0.4 is 10.6 Å². The topological polar surface area (TPSA) is 85.2 Å². The Balaban J connectivity index is 1.21. The monoisotopic (exact) mass is 432 g/mol. The summed E-state index contributed by atoms with van der Waals surface area (Å²) in [7, 11) is 1.87. The SMILES string of the molecule is Cn1ccc(C2(C(=O)NCC(NC(=O)C3CC34CCSCC4)C3CCOC3)CC2)n1. The van der Waals surface area contributed by atoms with E-state index in [2.05, 4.69) is 15.7 Å². The molecule has 2 N–H and O–H groups in total. The number of amides is 2. The molecule has 2 saturated heterocycles. The fourth-order valence-electron chi connectivity index (χ4n) is 5.30. The highest BCUT2D eigenvalue weighted by Crippen LogP contribution is 2.60. The van der Waals surface area contributed by atoms with Crippen molar-refractivity contribution in [3.8, 4) is 0 Å². The number of nitrogens with zero attached hydrogens (tertiary/aromatic N) is 2. The lowest BCUT2D eigenvalue weighted by atomic mass is 9.94. The Morgan fingerprint density at radius 1 is 1.33 bits per heavy atom. The molecule has 1 aromatic rings. The predicted octanol–water partition coefficient (Wildman–Crippen LogP) is 1.62. The van der Waals surface area contributed by atoms with E-state index in [1.807, 2.05) is 31.1 Å². The molecule has 4 aliphatic rings. The fourth-order valence-corrected chi connectivity index (χ4v) is 6.61. The average Bonchev–Trinajstić information content (AvgIpc) is 3.54. The molecule has 30 heavy (non-hydrogen) atoms. The summed E-state index contributed by atoms with van der Waals surface area (Å²) in [4.78, 5) is 26.1. The lowest BCUT2D eigenvalue weighted by Crippen LogP contribution is -2.50. The molecule has 3 atom stereocenters. The summed E-state index contributed by atoms with van der Waals surface area (Å²) in [6.45, 7) is 1.84. The summed E-state index contributed by atoms with van der Waals surface area (Å²) in [5, 5.41) is 10.9. The predicted molar refractivity (Wildman–Crippen MR) is 115 cm³/mol. The van der Waals surface area contributed by atoms with Crippen molar-refractivity contribution in [2.75, 3.05) is 31.3 Å². The summed E-state index contributed by atoms with van der Waals surface area (Å²) < 4.78 is 7.33. The molecule has 7 nitrogen and oxygen atoms in total. The third-order valence-corrected chi connectivity index (χ3v) is 8.71. The minimum absolute atomic E-state index is 0.0339. The number of thioether (sulfide) groups is 1. The van der Waals surface area contributed by atoms with Gasteiger partial charge in [0, 0.05) is 38.2 Å². The van der Waals surface area contributed by atoms with E-state index < -0.39 is 5.41 Å². The van der Waals surface area contributed by atoms with Gasteiger partial charge in [-0.05, 0) is 61.5 Å². The molecule has 1 aromatic heterocycles. The van der Waals surface area contributed by atoms with E-state index in [0.717, 1.165) is 50.8 Å². The summed E-state index contributed by atoms with van der Waals surface area (Å²) in [5.41, 5.74) is 0.622. The van der Waals surface area contributed by atoms with Crippen LogP contribution in [0.1, 0.15) is 44.2 Å². The lowest BCUT2D eigenvalue weighted by molar-refractivity contribution is -0.126. The molecule has 3 heterocycles. The number of rotatable bonds is 7. The molecule has 2 saturated carbocycles. The Hall–Kier alpha value is -1.54. The highest BCUT2D eigenvalue weighted by molar-refractivity contribution is 7.99. The molecule has 0 aromatic carbocycles. The highest BCUT2D eigenvalue weighted by Gasteiger charge is 2.58. The Kier molecular flexibility index (Phi) is 5.34. The first-order chi connectivity index (χ1) is 14.5. The standard InChI is InChI=1S/C22H32N4O3S/c1-26-8-2-18(25-26)22(4-5-22)20(28)23-13-17(15-3-9-29-14-15)24-19(27)16-12-21(16)6-10-30-11-7-21/h2,8,15-17H,3-7,9-14H2,1H3,(H,23,28)(H,24,27). The second-order valence-corrected chi connectivity index (χ2v) is 10.9. The maximum absolute atomic E-state index is 13.0. The molecule has 164 valence electrons. The minimum Gasteiger partial charge on any atom is -0.381 e. The van der Waals surface area contributed by atoms with Gasteiger partial charge in [-0.1, -0.05) is 0 Å². The minimum atomic E-state index is -0.484. The first-order valence-electron chi connectivity index (χ1n) is 11.3. The molecule has 0 bridgehead atoms. The van der Waals surface area contributed by atoms with Crippen LogP contribution >= 0.6 is 11.8 Å². The van der Waals surface area contributed by atoms with E-state index >= 15 is 0 Å². The van der Waals surface area contributed by atoms with Gasteiger partial charge >= 0.3 is 0 Å². The van der Waals surface area contributed by atoms with Crippen molar-refractivity contribution < 1.29 is 14.3 Å². The molecule has 2 aliphatic heterocycles. The maximum Gasteiger partial charge on any atom is 0.232 e. The third-order valence-electron chi connectivity index (χ3n) is 7.73. The van der Waals surface area contributed by atoms with Gasteiger partial charge in [0.15, 0.2) is 0 Å². The van der Waals surface area contributed by atoms with Gasteiger partial charge in [0.25, 0.3) is 0 Å². The van der Waals surface area contributed by atoms with Gasteiger partial charge in [-0.15, -0.1) is 0 Å². The van der Waals surface area contributed by atoms with Gasteiger partial charge in [0.05, 0.1) is 23.8 Å². The molecule has 2 amide bonds. The normalized spacial score (nSPS) is 29.4. The van der Waals surface area contributed by atoms with Gasteiger partial charge in [-0.2, -0.15) is 16.9 Å². The number of nitrogens with one attached hydrogen (secondary N) is 2. The van der Waals surface area contributed by atoms with Gasteiger partial charge in [-0.3, -0.25) is 14.3 Å². The molecular formula is C22H32N4O3S. The summed E-state index contributed by atoms with van der Waals surface area (Å²) in [6, 6.07) is 1.87. The van der Waals surface area contributed by atoms with Gasteiger partial charge in [0.1, 0.15) is 0 Å². The number of aryl methyl sites for hydroxylation is 1. The smallest absolute Gasteiger partial charge is 0.232 e. The molecule has 5 rings (SSSR count). The second kappa shape index (κ2) is 7.86. The molecule has 0 radical (unpaired) electrons. The van der Waals surface area contributed by atoms with E-state index in [1.54, 1.807) is 4.68 Å². The van der Waals surface area contributed by atoms with Crippen molar-refractivity contribution >= 4 is 23.6 Å². The van der Waals surface area contributed by atoms with Crippen molar-refractivity contribution in [3.63, 3.8) is 0 Å². The van der Waals surface area contributed by atoms with E-state index in [0.29, 0.717) is 13.2 Å². The zero-order valence-electron chi connectivity index (χ0n) is 17.7. The largest absolute Gasteiger partial charge is 0.381 e. The first-order valence-corrected chi connectivity index (χ1v) is 12.4. The van der Waals surface area contributed by atoms with Crippen LogP contribution in [0.5, 0.6) is 0 Å². The van der Waals surface area contributed by atoms with Crippen molar-refractivity contribution in [2.24, 2.45) is 24.3 Å². The molecule has 8 heteroatoms. The zero-order valence-corrected chi connectivity index (χ0v) is 18.5. The average molecular weight is 433 g/mol.